The number of hydrogen-bond acceptors (Lipinski definition) is 4. The zero-order chi connectivity index (χ0) is 11.5. The van der Waals surface area contributed by atoms with Crippen LogP contribution >= 0.6 is 23.2 Å². The molecule has 0 aliphatic rings. The van der Waals surface area contributed by atoms with Crippen molar-refractivity contribution in [2.75, 3.05) is 11.1 Å². The summed E-state index contributed by atoms with van der Waals surface area (Å²) in [6.45, 7) is 0. The van der Waals surface area contributed by atoms with Crippen LogP contribution in [0.2, 0.25) is 10.0 Å². The maximum atomic E-state index is 5.99. The number of nitrogens with one attached hydrogen (secondary N) is 1. The van der Waals surface area contributed by atoms with Crippen LogP contribution in [0.5, 0.6) is 0 Å². The number of aromatic nitrogens is 2. The lowest BCUT2D eigenvalue weighted by atomic mass is 10.3. The Labute approximate surface area is 102 Å². The van der Waals surface area contributed by atoms with E-state index >= 15 is 0 Å². The fourth-order valence-electron chi connectivity index (χ4n) is 1.17. The van der Waals surface area contributed by atoms with E-state index in [1.54, 1.807) is 18.2 Å². The third-order valence-electron chi connectivity index (χ3n) is 1.92. The Morgan fingerprint density at radius 2 is 2.06 bits per heavy atom. The molecule has 1 heterocycles. The highest BCUT2D eigenvalue weighted by atomic mass is 35.5. The maximum absolute atomic E-state index is 5.99. The molecule has 0 saturated carbocycles. The highest BCUT2D eigenvalue weighted by molar-refractivity contribution is 6.35. The van der Waals surface area contributed by atoms with E-state index in [0.29, 0.717) is 27.2 Å². The van der Waals surface area contributed by atoms with Crippen molar-refractivity contribution in [1.82, 2.24) is 9.97 Å². The van der Waals surface area contributed by atoms with E-state index in [0.717, 1.165) is 0 Å². The van der Waals surface area contributed by atoms with Gasteiger partial charge < -0.3 is 11.1 Å². The molecule has 0 spiro atoms. The Kier molecular flexibility index (Phi) is 3.12. The van der Waals surface area contributed by atoms with E-state index in [2.05, 4.69) is 15.3 Å². The minimum atomic E-state index is 0.443. The van der Waals surface area contributed by atoms with Crippen LogP contribution in [0.4, 0.5) is 17.2 Å². The Balaban J connectivity index is 2.34. The average molecular weight is 255 g/mol. The van der Waals surface area contributed by atoms with Crippen molar-refractivity contribution >= 4 is 40.4 Å². The topological polar surface area (TPSA) is 63.8 Å². The molecule has 1 aromatic carbocycles. The van der Waals surface area contributed by atoms with Gasteiger partial charge in [0.05, 0.1) is 22.6 Å². The van der Waals surface area contributed by atoms with Crippen molar-refractivity contribution in [2.24, 2.45) is 0 Å². The SMILES string of the molecule is Nc1cncnc1Nc1cc(Cl)ccc1Cl. The molecule has 16 heavy (non-hydrogen) atoms. The van der Waals surface area contributed by atoms with E-state index < -0.39 is 0 Å². The number of anilines is 3. The lowest BCUT2D eigenvalue weighted by Crippen LogP contribution is -2.00. The molecule has 82 valence electrons. The summed E-state index contributed by atoms with van der Waals surface area (Å²) in [6, 6.07) is 5.10. The Hall–Kier alpha value is -1.52. The molecule has 2 rings (SSSR count). The number of nitrogens with two attached hydrogens (primary N) is 1. The van der Waals surface area contributed by atoms with Gasteiger partial charge in [0.1, 0.15) is 6.33 Å². The highest BCUT2D eigenvalue weighted by Crippen LogP contribution is 2.29. The van der Waals surface area contributed by atoms with Gasteiger partial charge in [-0.05, 0) is 18.2 Å². The average Bonchev–Trinajstić information content (AvgIpc) is 2.27. The second-order valence-electron chi connectivity index (χ2n) is 3.08. The van der Waals surface area contributed by atoms with Gasteiger partial charge in [-0.25, -0.2) is 9.97 Å². The summed E-state index contributed by atoms with van der Waals surface area (Å²) in [7, 11) is 0. The molecule has 0 unspecified atom stereocenters. The molecule has 0 amide bonds. The van der Waals surface area contributed by atoms with Crippen LogP contribution in [0.15, 0.2) is 30.7 Å². The quantitative estimate of drug-likeness (QED) is 0.865. The van der Waals surface area contributed by atoms with Crippen molar-refractivity contribution in [3.63, 3.8) is 0 Å². The van der Waals surface area contributed by atoms with Crippen LogP contribution in [-0.2, 0) is 0 Å². The summed E-state index contributed by atoms with van der Waals surface area (Å²) in [5.74, 6) is 0.499. The van der Waals surface area contributed by atoms with Gasteiger partial charge in [-0.2, -0.15) is 0 Å². The summed E-state index contributed by atoms with van der Waals surface area (Å²) < 4.78 is 0. The Morgan fingerprint density at radius 1 is 1.25 bits per heavy atom. The molecule has 1 aromatic heterocycles. The Bertz CT molecular complexity index is 516. The van der Waals surface area contributed by atoms with E-state index in [9.17, 15) is 0 Å². The molecule has 0 aliphatic carbocycles. The second kappa shape index (κ2) is 4.55. The van der Waals surface area contributed by atoms with Gasteiger partial charge in [-0.3, -0.25) is 0 Å². The second-order valence-corrected chi connectivity index (χ2v) is 3.92. The number of nitrogen functional groups attached to an aromatic ring is 1. The smallest absolute Gasteiger partial charge is 0.157 e. The molecule has 2 aromatic rings. The first-order valence-electron chi connectivity index (χ1n) is 4.44. The van der Waals surface area contributed by atoms with Crippen LogP contribution in [0.25, 0.3) is 0 Å². The number of hydrogen-bond donors (Lipinski definition) is 2. The van der Waals surface area contributed by atoms with Gasteiger partial charge in [0.2, 0.25) is 0 Å². The summed E-state index contributed by atoms with van der Waals surface area (Å²) in [6.07, 6.45) is 2.91. The van der Waals surface area contributed by atoms with Gasteiger partial charge in [0, 0.05) is 5.02 Å². The van der Waals surface area contributed by atoms with E-state index in [1.807, 2.05) is 0 Å². The number of halogens is 2. The minimum Gasteiger partial charge on any atom is -0.394 e. The monoisotopic (exact) mass is 254 g/mol. The zero-order valence-electron chi connectivity index (χ0n) is 8.11. The van der Waals surface area contributed by atoms with Gasteiger partial charge in [-0.15, -0.1) is 0 Å². The molecule has 0 atom stereocenters. The first-order valence-corrected chi connectivity index (χ1v) is 5.20. The van der Waals surface area contributed by atoms with Crippen LogP contribution in [0.1, 0.15) is 0 Å². The molecule has 4 nitrogen and oxygen atoms in total. The molecule has 0 radical (unpaired) electrons. The Morgan fingerprint density at radius 3 is 2.81 bits per heavy atom. The third kappa shape index (κ3) is 2.35. The van der Waals surface area contributed by atoms with E-state index in [1.165, 1.54) is 12.5 Å². The molecular weight excluding hydrogens is 247 g/mol. The summed E-state index contributed by atoms with van der Waals surface area (Å²) in [5, 5.41) is 4.12. The van der Waals surface area contributed by atoms with Gasteiger partial charge in [0.25, 0.3) is 0 Å². The molecule has 3 N–H and O–H groups in total. The maximum Gasteiger partial charge on any atom is 0.157 e. The van der Waals surface area contributed by atoms with Crippen LogP contribution in [0, 0.1) is 0 Å². The van der Waals surface area contributed by atoms with Crippen molar-refractivity contribution in [2.45, 2.75) is 0 Å². The lowest BCUT2D eigenvalue weighted by molar-refractivity contribution is 1.17. The number of rotatable bonds is 2. The fourth-order valence-corrected chi connectivity index (χ4v) is 1.50. The zero-order valence-corrected chi connectivity index (χ0v) is 9.63. The van der Waals surface area contributed by atoms with Crippen LogP contribution < -0.4 is 11.1 Å². The molecule has 0 saturated heterocycles. The summed E-state index contributed by atoms with van der Waals surface area (Å²) >= 11 is 11.9. The van der Waals surface area contributed by atoms with Crippen molar-refractivity contribution in [3.05, 3.63) is 40.8 Å². The van der Waals surface area contributed by atoms with Gasteiger partial charge >= 0.3 is 0 Å². The fraction of sp³-hybridized carbons (Fsp3) is 0. The summed E-state index contributed by atoms with van der Waals surface area (Å²) in [4.78, 5) is 7.79. The predicted octanol–water partition coefficient (Wildman–Crippen LogP) is 3.11. The predicted molar refractivity (Wildman–Crippen MR) is 66.2 cm³/mol. The van der Waals surface area contributed by atoms with Crippen molar-refractivity contribution in [3.8, 4) is 0 Å². The first-order chi connectivity index (χ1) is 7.66. The molecule has 0 fully saturated rings. The van der Waals surface area contributed by atoms with Crippen molar-refractivity contribution in [1.29, 1.82) is 0 Å². The van der Waals surface area contributed by atoms with Gasteiger partial charge in [-0.1, -0.05) is 23.2 Å². The normalized spacial score (nSPS) is 10.1. The van der Waals surface area contributed by atoms with Crippen LogP contribution in [0.3, 0.4) is 0 Å². The number of nitrogens with zero attached hydrogens (tertiary/aromatic N) is 2. The van der Waals surface area contributed by atoms with E-state index in [-0.39, 0.29) is 0 Å². The third-order valence-corrected chi connectivity index (χ3v) is 2.49. The molecular formula is C10H8Cl2N4. The largest absolute Gasteiger partial charge is 0.394 e. The molecule has 0 bridgehead atoms. The first kappa shape index (κ1) is 11.0. The highest BCUT2D eigenvalue weighted by Gasteiger charge is 2.05. The van der Waals surface area contributed by atoms with Crippen molar-refractivity contribution < 1.29 is 0 Å². The standard InChI is InChI=1S/C10H8Cl2N4/c11-6-1-2-7(12)9(3-6)16-10-8(13)4-14-5-15-10/h1-5H,13H2,(H,14,15,16). The summed E-state index contributed by atoms with van der Waals surface area (Å²) in [5.41, 5.74) is 6.79. The molecule has 6 heteroatoms. The van der Waals surface area contributed by atoms with Crippen LogP contribution in [-0.4, -0.2) is 9.97 Å². The molecule has 0 aliphatic heterocycles. The van der Waals surface area contributed by atoms with Gasteiger partial charge in [0.15, 0.2) is 5.82 Å². The minimum absolute atomic E-state index is 0.443. The lowest BCUT2D eigenvalue weighted by Gasteiger charge is -2.09. The number of benzene rings is 1. The van der Waals surface area contributed by atoms with E-state index in [4.69, 9.17) is 28.9 Å².